The summed E-state index contributed by atoms with van der Waals surface area (Å²) in [5, 5.41) is 14.7. The third kappa shape index (κ3) is 3.62. The number of H-pyrrole nitrogens is 1. The van der Waals surface area contributed by atoms with Gasteiger partial charge in [0.15, 0.2) is 5.82 Å². The number of aromatic nitrogens is 5. The third-order valence-corrected chi connectivity index (χ3v) is 4.55. The zero-order chi connectivity index (χ0) is 17.1. The van der Waals surface area contributed by atoms with Gasteiger partial charge in [0.2, 0.25) is 0 Å². The molecule has 25 heavy (non-hydrogen) atoms. The van der Waals surface area contributed by atoms with Gasteiger partial charge in [-0.1, -0.05) is 18.2 Å². The SMILES string of the molecule is Cc1ccccc1-n1cc(CNC[C@H]2CC[C@@H](c3ncn[nH]3)O2)cn1. The molecule has 1 saturated heterocycles. The largest absolute Gasteiger partial charge is 0.366 e. The lowest BCUT2D eigenvalue weighted by atomic mass is 10.2. The first kappa shape index (κ1) is 16.0. The van der Waals surface area contributed by atoms with Crippen molar-refractivity contribution in [3.63, 3.8) is 0 Å². The summed E-state index contributed by atoms with van der Waals surface area (Å²) in [5.41, 5.74) is 3.48. The molecule has 1 aliphatic rings. The monoisotopic (exact) mass is 338 g/mol. The van der Waals surface area contributed by atoms with Crippen molar-refractivity contribution in [3.05, 3.63) is 59.9 Å². The Morgan fingerprint density at radius 3 is 3.08 bits per heavy atom. The Morgan fingerprint density at radius 2 is 2.24 bits per heavy atom. The van der Waals surface area contributed by atoms with Gasteiger partial charge in [0.05, 0.1) is 18.0 Å². The first-order valence-corrected chi connectivity index (χ1v) is 8.60. The number of nitrogens with one attached hydrogen (secondary N) is 2. The number of aromatic amines is 1. The summed E-state index contributed by atoms with van der Waals surface area (Å²) in [4.78, 5) is 4.18. The molecule has 1 fully saturated rings. The van der Waals surface area contributed by atoms with E-state index < -0.39 is 0 Å². The summed E-state index contributed by atoms with van der Waals surface area (Å²) in [6, 6.07) is 8.25. The van der Waals surface area contributed by atoms with Gasteiger partial charge in [-0.2, -0.15) is 10.2 Å². The number of ether oxygens (including phenoxy) is 1. The lowest BCUT2D eigenvalue weighted by Gasteiger charge is -2.12. The maximum atomic E-state index is 6.02. The van der Waals surface area contributed by atoms with Crippen molar-refractivity contribution in [1.82, 2.24) is 30.3 Å². The highest BCUT2D eigenvalue weighted by Gasteiger charge is 2.27. The number of benzene rings is 1. The Labute approximate surface area is 146 Å². The molecule has 0 unspecified atom stereocenters. The second-order valence-corrected chi connectivity index (χ2v) is 6.41. The van der Waals surface area contributed by atoms with E-state index in [4.69, 9.17) is 4.74 Å². The summed E-state index contributed by atoms with van der Waals surface area (Å²) in [6.45, 7) is 3.69. The highest BCUT2D eigenvalue weighted by atomic mass is 16.5. The Bertz CT molecular complexity index is 813. The van der Waals surface area contributed by atoms with Crippen LogP contribution in [0.25, 0.3) is 5.69 Å². The molecule has 1 aliphatic heterocycles. The Balaban J connectivity index is 1.28. The van der Waals surface area contributed by atoms with E-state index in [-0.39, 0.29) is 12.2 Å². The fourth-order valence-electron chi connectivity index (χ4n) is 3.21. The Morgan fingerprint density at radius 1 is 1.32 bits per heavy atom. The average molecular weight is 338 g/mol. The van der Waals surface area contributed by atoms with Crippen molar-refractivity contribution < 1.29 is 4.74 Å². The molecule has 0 radical (unpaired) electrons. The van der Waals surface area contributed by atoms with Crippen molar-refractivity contribution >= 4 is 0 Å². The van der Waals surface area contributed by atoms with Gasteiger partial charge in [-0.15, -0.1) is 0 Å². The molecule has 130 valence electrons. The minimum Gasteiger partial charge on any atom is -0.366 e. The fourth-order valence-corrected chi connectivity index (χ4v) is 3.21. The molecule has 3 heterocycles. The van der Waals surface area contributed by atoms with Gasteiger partial charge in [0.1, 0.15) is 12.4 Å². The molecule has 0 aliphatic carbocycles. The zero-order valence-electron chi connectivity index (χ0n) is 14.2. The van der Waals surface area contributed by atoms with E-state index in [1.807, 2.05) is 23.0 Å². The molecule has 0 spiro atoms. The molecule has 0 amide bonds. The molecule has 0 saturated carbocycles. The van der Waals surface area contributed by atoms with Crippen LogP contribution in [0, 0.1) is 6.92 Å². The first-order valence-electron chi connectivity index (χ1n) is 8.60. The molecule has 1 aromatic carbocycles. The standard InChI is InChI=1S/C18H22N6O/c1-13-4-2-3-5-16(13)24-11-14(9-22-24)8-19-10-15-6-7-17(25-15)18-20-12-21-23-18/h2-5,9,11-12,15,17,19H,6-8,10H2,1H3,(H,20,21,23)/t15-,17+/m1/s1. The van der Waals surface area contributed by atoms with Crippen LogP contribution in [0.15, 0.2) is 43.0 Å². The van der Waals surface area contributed by atoms with Gasteiger partial charge in [-0.25, -0.2) is 9.67 Å². The van der Waals surface area contributed by atoms with Gasteiger partial charge < -0.3 is 10.1 Å². The van der Waals surface area contributed by atoms with Crippen molar-refractivity contribution in [2.75, 3.05) is 6.54 Å². The van der Waals surface area contributed by atoms with Crippen LogP contribution in [0.2, 0.25) is 0 Å². The van der Waals surface area contributed by atoms with Crippen LogP contribution >= 0.6 is 0 Å². The number of rotatable bonds is 6. The van der Waals surface area contributed by atoms with Gasteiger partial charge in [-0.3, -0.25) is 5.10 Å². The number of aryl methyl sites for hydroxylation is 1. The molecule has 0 bridgehead atoms. The second-order valence-electron chi connectivity index (χ2n) is 6.41. The van der Waals surface area contributed by atoms with Crippen LogP contribution < -0.4 is 5.32 Å². The second kappa shape index (κ2) is 7.16. The topological polar surface area (TPSA) is 80.7 Å². The van der Waals surface area contributed by atoms with E-state index in [9.17, 15) is 0 Å². The summed E-state index contributed by atoms with van der Waals surface area (Å²) in [5.74, 6) is 0.821. The predicted octanol–water partition coefficient (Wildman–Crippen LogP) is 2.31. The lowest BCUT2D eigenvalue weighted by Crippen LogP contribution is -2.26. The van der Waals surface area contributed by atoms with Crippen molar-refractivity contribution in [2.45, 2.75) is 38.5 Å². The molecule has 4 rings (SSSR count). The van der Waals surface area contributed by atoms with Crippen molar-refractivity contribution in [2.24, 2.45) is 0 Å². The third-order valence-electron chi connectivity index (χ3n) is 4.55. The minimum atomic E-state index is 0.0399. The number of hydrogen-bond donors (Lipinski definition) is 2. The Hall–Kier alpha value is -2.51. The number of nitrogens with zero attached hydrogens (tertiary/aromatic N) is 4. The predicted molar refractivity (Wildman–Crippen MR) is 93.2 cm³/mol. The summed E-state index contributed by atoms with van der Waals surface area (Å²) in [6.07, 6.45) is 7.76. The number of para-hydroxylation sites is 1. The van der Waals surface area contributed by atoms with Gasteiger partial charge in [0.25, 0.3) is 0 Å². The van der Waals surface area contributed by atoms with Crippen LogP contribution in [0.3, 0.4) is 0 Å². The van der Waals surface area contributed by atoms with Gasteiger partial charge in [-0.05, 0) is 31.4 Å². The molecule has 2 atom stereocenters. The van der Waals surface area contributed by atoms with Crippen LogP contribution in [-0.2, 0) is 11.3 Å². The van der Waals surface area contributed by atoms with Crippen LogP contribution in [0.4, 0.5) is 0 Å². The van der Waals surface area contributed by atoms with Crippen molar-refractivity contribution in [1.29, 1.82) is 0 Å². The summed E-state index contributed by atoms with van der Waals surface area (Å²) < 4.78 is 7.95. The molecule has 2 aromatic heterocycles. The maximum Gasteiger partial charge on any atom is 0.153 e. The van der Waals surface area contributed by atoms with Crippen LogP contribution in [0.1, 0.15) is 35.9 Å². The van der Waals surface area contributed by atoms with Crippen LogP contribution in [-0.4, -0.2) is 37.6 Å². The summed E-state index contributed by atoms with van der Waals surface area (Å²) >= 11 is 0. The molecule has 7 heteroatoms. The van der Waals surface area contributed by atoms with E-state index in [0.717, 1.165) is 43.0 Å². The molecule has 3 aromatic rings. The maximum absolute atomic E-state index is 6.02. The van der Waals surface area contributed by atoms with E-state index >= 15 is 0 Å². The molecule has 2 N–H and O–H groups in total. The first-order chi connectivity index (χ1) is 12.3. The highest BCUT2D eigenvalue weighted by molar-refractivity contribution is 5.39. The summed E-state index contributed by atoms with van der Waals surface area (Å²) in [7, 11) is 0. The van der Waals surface area contributed by atoms with Gasteiger partial charge >= 0.3 is 0 Å². The van der Waals surface area contributed by atoms with Crippen LogP contribution in [0.5, 0.6) is 0 Å². The van der Waals surface area contributed by atoms with E-state index in [2.05, 4.69) is 50.9 Å². The normalized spacial score (nSPS) is 20.2. The average Bonchev–Trinajstić information content (AvgIpc) is 3.37. The van der Waals surface area contributed by atoms with Crippen molar-refractivity contribution in [3.8, 4) is 5.69 Å². The zero-order valence-corrected chi connectivity index (χ0v) is 14.2. The smallest absolute Gasteiger partial charge is 0.153 e. The quantitative estimate of drug-likeness (QED) is 0.721. The van der Waals surface area contributed by atoms with E-state index in [0.29, 0.717) is 0 Å². The fraction of sp³-hybridized carbons (Fsp3) is 0.389. The minimum absolute atomic E-state index is 0.0399. The Kier molecular flexibility index (Phi) is 4.58. The molecular formula is C18H22N6O. The lowest BCUT2D eigenvalue weighted by molar-refractivity contribution is 0.0401. The number of hydrogen-bond acceptors (Lipinski definition) is 5. The highest BCUT2D eigenvalue weighted by Crippen LogP contribution is 2.30. The van der Waals surface area contributed by atoms with E-state index in [1.165, 1.54) is 11.9 Å². The molecular weight excluding hydrogens is 316 g/mol. The van der Waals surface area contributed by atoms with E-state index in [1.54, 1.807) is 0 Å². The molecule has 7 nitrogen and oxygen atoms in total. The van der Waals surface area contributed by atoms with Gasteiger partial charge in [0, 0.05) is 24.8 Å².